The van der Waals surface area contributed by atoms with Gasteiger partial charge < -0.3 is 14.2 Å². The first-order valence-corrected chi connectivity index (χ1v) is 8.70. The second-order valence-electron chi connectivity index (χ2n) is 5.95. The summed E-state index contributed by atoms with van der Waals surface area (Å²) in [5.74, 6) is 1.46. The van der Waals surface area contributed by atoms with Gasteiger partial charge in [0.15, 0.2) is 6.61 Å². The molecule has 0 radical (unpaired) electrons. The molecule has 0 bridgehead atoms. The third-order valence-electron chi connectivity index (χ3n) is 4.10. The van der Waals surface area contributed by atoms with Gasteiger partial charge >= 0.3 is 0 Å². The highest BCUT2D eigenvalue weighted by Gasteiger charge is 2.25. The van der Waals surface area contributed by atoms with Crippen LogP contribution in [0.5, 0.6) is 5.75 Å². The highest BCUT2D eigenvalue weighted by atomic mass is 35.5. The molecular formula is C19H16ClN3O3. The zero-order valence-electron chi connectivity index (χ0n) is 14.1. The minimum atomic E-state index is -0.0516. The lowest BCUT2D eigenvalue weighted by Crippen LogP contribution is -2.39. The number of benzene rings is 2. The topological polar surface area (TPSA) is 68.5 Å². The summed E-state index contributed by atoms with van der Waals surface area (Å²) in [6.45, 7) is 2.73. The van der Waals surface area contributed by atoms with Crippen molar-refractivity contribution in [2.45, 2.75) is 13.3 Å². The van der Waals surface area contributed by atoms with Crippen LogP contribution in [0.3, 0.4) is 0 Å². The molecule has 1 amide bonds. The number of carbonyl (C=O) groups is 1. The van der Waals surface area contributed by atoms with Gasteiger partial charge in [0.2, 0.25) is 5.82 Å². The van der Waals surface area contributed by atoms with Crippen LogP contribution in [0.1, 0.15) is 13.3 Å². The number of halogens is 1. The molecule has 4 rings (SSSR count). The highest BCUT2D eigenvalue weighted by Crippen LogP contribution is 2.36. The summed E-state index contributed by atoms with van der Waals surface area (Å²) in [4.78, 5) is 18.3. The summed E-state index contributed by atoms with van der Waals surface area (Å²) in [6.07, 6.45) is 0.858. The van der Waals surface area contributed by atoms with Gasteiger partial charge in [-0.25, -0.2) is 0 Å². The molecule has 1 aliphatic heterocycles. The molecule has 0 atom stereocenters. The Morgan fingerprint density at radius 2 is 2.08 bits per heavy atom. The van der Waals surface area contributed by atoms with E-state index < -0.39 is 0 Å². The molecule has 0 fully saturated rings. The van der Waals surface area contributed by atoms with Crippen LogP contribution in [-0.4, -0.2) is 29.2 Å². The van der Waals surface area contributed by atoms with Crippen molar-refractivity contribution in [2.75, 3.05) is 18.1 Å². The Morgan fingerprint density at radius 3 is 2.88 bits per heavy atom. The number of amides is 1. The summed E-state index contributed by atoms with van der Waals surface area (Å²) < 4.78 is 10.9. The minimum Gasteiger partial charge on any atom is -0.482 e. The molecule has 0 spiro atoms. The van der Waals surface area contributed by atoms with Crippen LogP contribution in [0, 0.1) is 0 Å². The van der Waals surface area contributed by atoms with Crippen LogP contribution in [-0.2, 0) is 4.79 Å². The fourth-order valence-electron chi connectivity index (χ4n) is 2.89. The number of rotatable bonds is 4. The summed E-state index contributed by atoms with van der Waals surface area (Å²) in [7, 11) is 0. The molecule has 2 aromatic carbocycles. The van der Waals surface area contributed by atoms with Crippen LogP contribution in [0.25, 0.3) is 22.8 Å². The van der Waals surface area contributed by atoms with E-state index in [0.717, 1.165) is 23.2 Å². The van der Waals surface area contributed by atoms with E-state index in [9.17, 15) is 4.79 Å². The van der Waals surface area contributed by atoms with Crippen LogP contribution >= 0.6 is 11.6 Å². The zero-order chi connectivity index (χ0) is 18.1. The predicted octanol–water partition coefficient (Wildman–Crippen LogP) is 4.19. The Bertz CT molecular complexity index is 970. The normalized spacial score (nSPS) is 13.5. The minimum absolute atomic E-state index is 0.0516. The van der Waals surface area contributed by atoms with Crippen molar-refractivity contribution in [3.05, 3.63) is 47.5 Å². The van der Waals surface area contributed by atoms with Gasteiger partial charge in [0.1, 0.15) is 5.75 Å². The molecule has 1 aromatic heterocycles. The average molecular weight is 370 g/mol. The second-order valence-corrected chi connectivity index (χ2v) is 6.39. The van der Waals surface area contributed by atoms with E-state index in [0.29, 0.717) is 29.0 Å². The van der Waals surface area contributed by atoms with E-state index in [1.807, 2.05) is 37.3 Å². The van der Waals surface area contributed by atoms with Gasteiger partial charge in [-0.1, -0.05) is 29.7 Å². The quantitative estimate of drug-likeness (QED) is 0.689. The van der Waals surface area contributed by atoms with Gasteiger partial charge in [0.25, 0.3) is 11.8 Å². The second kappa shape index (κ2) is 6.80. The maximum Gasteiger partial charge on any atom is 0.265 e. The van der Waals surface area contributed by atoms with Crippen molar-refractivity contribution < 1.29 is 14.1 Å². The average Bonchev–Trinajstić information content (AvgIpc) is 3.14. The molecular weight excluding hydrogens is 354 g/mol. The molecule has 7 heteroatoms. The summed E-state index contributed by atoms with van der Waals surface area (Å²) in [5, 5.41) is 4.66. The largest absolute Gasteiger partial charge is 0.482 e. The summed E-state index contributed by atoms with van der Waals surface area (Å²) >= 11 is 6.02. The number of fused-ring (bicyclic) bond motifs is 1. The van der Waals surface area contributed by atoms with Crippen LogP contribution in [0.4, 0.5) is 5.69 Å². The maximum atomic E-state index is 12.2. The fourth-order valence-corrected chi connectivity index (χ4v) is 3.08. The SMILES string of the molecule is CCCN1C(=O)COc2ccc(-c3noc(-c4cccc(Cl)c4)n3)cc21. The Morgan fingerprint density at radius 1 is 1.19 bits per heavy atom. The molecule has 2 heterocycles. The molecule has 0 N–H and O–H groups in total. The molecule has 132 valence electrons. The lowest BCUT2D eigenvalue weighted by atomic mass is 10.1. The van der Waals surface area contributed by atoms with Gasteiger partial charge in [0.05, 0.1) is 5.69 Å². The van der Waals surface area contributed by atoms with E-state index in [1.165, 1.54) is 0 Å². The van der Waals surface area contributed by atoms with Crippen molar-refractivity contribution in [3.8, 4) is 28.6 Å². The number of hydrogen-bond acceptors (Lipinski definition) is 5. The molecule has 6 nitrogen and oxygen atoms in total. The van der Waals surface area contributed by atoms with Crippen LogP contribution in [0.15, 0.2) is 47.0 Å². The maximum absolute atomic E-state index is 12.2. The fraction of sp³-hybridized carbons (Fsp3) is 0.211. The number of anilines is 1. The number of nitrogens with zero attached hydrogens (tertiary/aromatic N) is 3. The third-order valence-corrected chi connectivity index (χ3v) is 4.34. The Labute approximate surface area is 155 Å². The van der Waals surface area contributed by atoms with Crippen molar-refractivity contribution in [2.24, 2.45) is 0 Å². The van der Waals surface area contributed by atoms with E-state index in [-0.39, 0.29) is 12.5 Å². The van der Waals surface area contributed by atoms with E-state index >= 15 is 0 Å². The van der Waals surface area contributed by atoms with Crippen molar-refractivity contribution in [1.29, 1.82) is 0 Å². The van der Waals surface area contributed by atoms with Crippen LogP contribution < -0.4 is 9.64 Å². The molecule has 0 saturated heterocycles. The molecule has 0 aliphatic carbocycles. The zero-order valence-corrected chi connectivity index (χ0v) is 14.9. The summed E-state index contributed by atoms with van der Waals surface area (Å²) in [5.41, 5.74) is 2.23. The smallest absolute Gasteiger partial charge is 0.265 e. The Kier molecular flexibility index (Phi) is 4.34. The summed E-state index contributed by atoms with van der Waals surface area (Å²) in [6, 6.07) is 12.8. The highest BCUT2D eigenvalue weighted by molar-refractivity contribution is 6.30. The van der Waals surface area contributed by atoms with Gasteiger partial charge in [-0.15, -0.1) is 0 Å². The number of carbonyl (C=O) groups excluding carboxylic acids is 1. The molecule has 0 unspecified atom stereocenters. The number of aromatic nitrogens is 2. The first-order chi connectivity index (χ1) is 12.7. The van der Waals surface area contributed by atoms with E-state index in [1.54, 1.807) is 17.0 Å². The van der Waals surface area contributed by atoms with Crippen LogP contribution in [0.2, 0.25) is 5.02 Å². The first-order valence-electron chi connectivity index (χ1n) is 8.33. The standard InChI is InChI=1S/C19H16ClN3O3/c1-2-8-23-15-10-12(6-7-16(15)25-11-17(23)24)18-21-19(26-22-18)13-4-3-5-14(20)9-13/h3-7,9-10H,2,8,11H2,1H3. The molecule has 1 aliphatic rings. The van der Waals surface area contributed by atoms with Crippen molar-refractivity contribution in [1.82, 2.24) is 10.1 Å². The van der Waals surface area contributed by atoms with Crippen molar-refractivity contribution >= 4 is 23.2 Å². The Hall–Kier alpha value is -2.86. The molecule has 3 aromatic rings. The van der Waals surface area contributed by atoms with Gasteiger partial charge in [-0.05, 0) is 42.8 Å². The first kappa shape index (κ1) is 16.6. The van der Waals surface area contributed by atoms with Gasteiger partial charge in [-0.2, -0.15) is 4.98 Å². The molecule has 0 saturated carbocycles. The predicted molar refractivity (Wildman–Crippen MR) is 98.3 cm³/mol. The van der Waals surface area contributed by atoms with Crippen molar-refractivity contribution in [3.63, 3.8) is 0 Å². The number of ether oxygens (including phenoxy) is 1. The third kappa shape index (κ3) is 3.04. The lowest BCUT2D eigenvalue weighted by Gasteiger charge is -2.29. The van der Waals surface area contributed by atoms with E-state index in [2.05, 4.69) is 10.1 Å². The van der Waals surface area contributed by atoms with Gasteiger partial charge in [-0.3, -0.25) is 4.79 Å². The van der Waals surface area contributed by atoms with Gasteiger partial charge in [0, 0.05) is 22.7 Å². The lowest BCUT2D eigenvalue weighted by molar-refractivity contribution is -0.121. The monoisotopic (exact) mass is 369 g/mol. The van der Waals surface area contributed by atoms with E-state index in [4.69, 9.17) is 20.9 Å². The number of hydrogen-bond donors (Lipinski definition) is 0. The Balaban J connectivity index is 1.70. The molecule has 26 heavy (non-hydrogen) atoms.